The molecule has 3 saturated carbocycles. The topological polar surface area (TPSA) is 173 Å². The average Bonchev–Trinajstić information content (AvgIpc) is 3.77. The number of hydrogen-bond acceptors (Lipinski definition) is 9. The average molecular weight is 643 g/mol. The highest BCUT2D eigenvalue weighted by Crippen LogP contribution is 2.61. The highest BCUT2D eigenvalue weighted by Gasteiger charge is 2.86. The second-order valence-corrected chi connectivity index (χ2v) is 14.6. The minimum absolute atomic E-state index is 0.000950. The van der Waals surface area contributed by atoms with E-state index in [-0.39, 0.29) is 54.7 Å². The lowest BCUT2D eigenvalue weighted by Gasteiger charge is -2.38. The summed E-state index contributed by atoms with van der Waals surface area (Å²) in [5.41, 5.74) is 10.00. The monoisotopic (exact) mass is 642 g/mol. The Hall–Kier alpha value is -2.34. The predicted octanol–water partition coefficient (Wildman–Crippen LogP) is 2.71. The lowest BCUT2D eigenvalue weighted by atomic mass is 9.61. The largest absolute Gasteiger partial charge is 0.463 e. The number of hydrogen-bond donors (Lipinski definition) is 5. The molecule has 3 aliphatic carbocycles. The Labute approximate surface area is 274 Å². The first-order valence-corrected chi connectivity index (χ1v) is 17.9. The summed E-state index contributed by atoms with van der Waals surface area (Å²) in [6, 6.07) is 0.266. The van der Waals surface area contributed by atoms with E-state index in [1.807, 2.05) is 13.0 Å². The van der Waals surface area contributed by atoms with E-state index in [9.17, 15) is 14.4 Å². The number of Topliss-reactive ketones (excluding diaryl/α,β-unsaturated/α-hetero) is 2. The number of rotatable bonds is 12. The van der Waals surface area contributed by atoms with Gasteiger partial charge in [0.15, 0.2) is 23.1 Å². The van der Waals surface area contributed by atoms with Gasteiger partial charge in [-0.25, -0.2) is 4.79 Å². The van der Waals surface area contributed by atoms with E-state index in [4.69, 9.17) is 20.9 Å². The maximum absolute atomic E-state index is 14.2. The van der Waals surface area contributed by atoms with Gasteiger partial charge in [0.25, 0.3) is 5.60 Å². The second-order valence-electron chi connectivity index (χ2n) is 14.6. The minimum Gasteiger partial charge on any atom is -0.463 e. The zero-order valence-electron chi connectivity index (χ0n) is 28.4. The number of ether oxygens (including phenoxy) is 2. The van der Waals surface area contributed by atoms with E-state index in [1.165, 1.54) is 0 Å². The van der Waals surface area contributed by atoms with Crippen LogP contribution in [0.25, 0.3) is 0 Å². The van der Waals surface area contributed by atoms with Crippen molar-refractivity contribution in [2.75, 3.05) is 26.7 Å². The molecule has 0 spiro atoms. The van der Waals surface area contributed by atoms with E-state index < -0.39 is 29.0 Å². The van der Waals surface area contributed by atoms with Gasteiger partial charge in [0.1, 0.15) is 0 Å². The molecule has 4 unspecified atom stereocenters. The van der Waals surface area contributed by atoms with E-state index in [0.29, 0.717) is 31.1 Å². The molecule has 5 aliphatic rings. The summed E-state index contributed by atoms with van der Waals surface area (Å²) in [4.78, 5) is 46.6. The molecule has 0 aromatic rings. The molecule has 0 radical (unpaired) electrons. The van der Waals surface area contributed by atoms with Crippen LogP contribution in [0.2, 0.25) is 0 Å². The normalized spacial score (nSPS) is 38.8. The summed E-state index contributed by atoms with van der Waals surface area (Å²) < 4.78 is 12.3. The van der Waals surface area contributed by atoms with Gasteiger partial charge in [-0.3, -0.25) is 14.6 Å². The van der Waals surface area contributed by atoms with Gasteiger partial charge in [0, 0.05) is 43.3 Å². The molecule has 2 aliphatic heterocycles. The Morgan fingerprint density at radius 3 is 2.54 bits per heavy atom. The van der Waals surface area contributed by atoms with Crippen molar-refractivity contribution < 1.29 is 23.9 Å². The molecule has 10 atom stereocenters. The summed E-state index contributed by atoms with van der Waals surface area (Å²) in [6.07, 6.45) is 11.8. The van der Waals surface area contributed by atoms with Crippen molar-refractivity contribution in [2.45, 2.75) is 127 Å². The van der Waals surface area contributed by atoms with Crippen molar-refractivity contribution in [3.63, 3.8) is 0 Å². The first-order chi connectivity index (χ1) is 22.1. The Balaban J connectivity index is 1.35. The standard InChI is InChI=1S/C35H58N6O5/c1-5-22-11-12-27(39-6-2)24(18-22)20-45-32(44)35-31(43)26-10-8-7-9-25(26)30(42)34(35,46-35)15-13-21(3)17-28(41-33(37)38-4)23-14-16-40-29(36)19-23/h13,22-29,39-40H,5-12,14-20,36H2,1-4H3,(H3,37,38,41)/t22-,23?,24-,25?,26?,27+,28+,29?,34-,35-/m0/s1. The molecular weight excluding hydrogens is 584 g/mol. The summed E-state index contributed by atoms with van der Waals surface area (Å²) in [5, 5.41) is 10.2. The van der Waals surface area contributed by atoms with E-state index in [2.05, 4.69) is 34.8 Å². The number of epoxide rings is 1. The van der Waals surface area contributed by atoms with Crippen LogP contribution in [0, 0.1) is 29.6 Å². The fraction of sp³-hybridized carbons (Fsp3) is 0.829. The summed E-state index contributed by atoms with van der Waals surface area (Å²) in [7, 11) is 1.65. The van der Waals surface area contributed by atoms with Gasteiger partial charge in [-0.2, -0.15) is 0 Å². The molecule has 7 N–H and O–H groups in total. The smallest absolute Gasteiger partial charge is 0.350 e. The Morgan fingerprint density at radius 2 is 1.87 bits per heavy atom. The Bertz CT molecular complexity index is 1190. The third-order valence-electron chi connectivity index (χ3n) is 11.8. The Morgan fingerprint density at radius 1 is 1.13 bits per heavy atom. The number of nitrogens with zero attached hydrogens (tertiary/aromatic N) is 1. The molecule has 2 saturated heterocycles. The predicted molar refractivity (Wildman–Crippen MR) is 178 cm³/mol. The van der Waals surface area contributed by atoms with Gasteiger partial charge >= 0.3 is 5.97 Å². The number of nitrogens with two attached hydrogens (primary N) is 2. The quantitative estimate of drug-likeness (QED) is 0.0532. The number of piperidine rings is 1. The Kier molecular flexibility index (Phi) is 11.3. The van der Waals surface area contributed by atoms with Crippen molar-refractivity contribution in [1.82, 2.24) is 16.0 Å². The molecule has 0 amide bonds. The van der Waals surface area contributed by atoms with Crippen LogP contribution in [0.15, 0.2) is 16.6 Å². The molecule has 258 valence electrons. The SMILES string of the molecule is CCN[C@@H]1CC[C@H](CC)C[C@H]1COC(=O)[C@]12O[C@@]1(CC=C(C)C[C@@H](NC(N)=NC)C1CCNC(N)C1)C(=O)C1CCCCC1C2=O. The number of guanidine groups is 1. The second kappa shape index (κ2) is 14.8. The van der Waals surface area contributed by atoms with Gasteiger partial charge < -0.3 is 36.9 Å². The third-order valence-corrected chi connectivity index (χ3v) is 11.8. The fourth-order valence-electron chi connectivity index (χ4n) is 9.04. The fourth-order valence-corrected chi connectivity index (χ4v) is 9.04. The summed E-state index contributed by atoms with van der Waals surface area (Å²) in [5.74, 6) is -0.490. The highest BCUT2D eigenvalue weighted by atomic mass is 16.7. The van der Waals surface area contributed by atoms with Crippen molar-refractivity contribution in [3.05, 3.63) is 11.6 Å². The van der Waals surface area contributed by atoms with Crippen LogP contribution >= 0.6 is 0 Å². The van der Waals surface area contributed by atoms with Gasteiger partial charge in [-0.1, -0.05) is 44.8 Å². The van der Waals surface area contributed by atoms with Crippen LogP contribution in [0.5, 0.6) is 0 Å². The molecule has 0 aromatic heterocycles. The van der Waals surface area contributed by atoms with Gasteiger partial charge in [0.2, 0.25) is 0 Å². The number of aliphatic imine (C=N–C) groups is 1. The van der Waals surface area contributed by atoms with Crippen molar-refractivity contribution in [3.8, 4) is 0 Å². The molecular formula is C35H58N6O5. The van der Waals surface area contributed by atoms with Gasteiger partial charge in [-0.15, -0.1) is 0 Å². The van der Waals surface area contributed by atoms with E-state index >= 15 is 0 Å². The zero-order valence-corrected chi connectivity index (χ0v) is 28.4. The van der Waals surface area contributed by atoms with Crippen LogP contribution < -0.4 is 27.4 Å². The number of carbonyl (C=O) groups is 3. The van der Waals surface area contributed by atoms with Crippen molar-refractivity contribution in [2.24, 2.45) is 46.0 Å². The van der Waals surface area contributed by atoms with Crippen LogP contribution in [-0.4, -0.2) is 79.7 Å². The first-order valence-electron chi connectivity index (χ1n) is 17.9. The first kappa shape index (κ1) is 35.0. The van der Waals surface area contributed by atoms with Crippen molar-refractivity contribution >= 4 is 23.5 Å². The van der Waals surface area contributed by atoms with Crippen LogP contribution in [0.3, 0.4) is 0 Å². The molecule has 11 nitrogen and oxygen atoms in total. The highest BCUT2D eigenvalue weighted by molar-refractivity contribution is 6.23. The van der Waals surface area contributed by atoms with E-state index in [0.717, 1.165) is 70.0 Å². The molecule has 5 fully saturated rings. The van der Waals surface area contributed by atoms with E-state index in [1.54, 1.807) is 7.05 Å². The van der Waals surface area contributed by atoms with Crippen molar-refractivity contribution in [1.29, 1.82) is 0 Å². The number of ketones is 2. The van der Waals surface area contributed by atoms with Gasteiger partial charge in [0.05, 0.1) is 12.8 Å². The lowest BCUT2D eigenvalue weighted by molar-refractivity contribution is -0.160. The maximum atomic E-state index is 14.2. The molecule has 5 rings (SSSR count). The lowest BCUT2D eigenvalue weighted by Crippen LogP contribution is -2.58. The minimum atomic E-state index is -1.84. The van der Waals surface area contributed by atoms with Crippen LogP contribution in [0.1, 0.15) is 97.8 Å². The number of nitrogens with one attached hydrogen (secondary N) is 3. The number of carbonyl (C=O) groups excluding carboxylic acids is 3. The molecule has 46 heavy (non-hydrogen) atoms. The van der Waals surface area contributed by atoms with Crippen LogP contribution in [-0.2, 0) is 23.9 Å². The number of fused-ring (bicyclic) bond motifs is 2. The third kappa shape index (κ3) is 6.80. The van der Waals surface area contributed by atoms with Gasteiger partial charge in [-0.05, 0) is 83.2 Å². The summed E-state index contributed by atoms with van der Waals surface area (Å²) in [6.45, 7) is 8.22. The molecule has 11 heteroatoms. The number of esters is 1. The zero-order chi connectivity index (χ0) is 33.1. The molecule has 2 heterocycles. The summed E-state index contributed by atoms with van der Waals surface area (Å²) >= 11 is 0. The van der Waals surface area contributed by atoms with Crippen LogP contribution in [0.4, 0.5) is 0 Å². The molecule has 0 aromatic carbocycles. The maximum Gasteiger partial charge on any atom is 0.350 e. The molecule has 0 bridgehead atoms.